The number of carbonyl (C=O) groups excluding carboxylic acids is 1. The topological polar surface area (TPSA) is 76.1 Å². The van der Waals surface area contributed by atoms with E-state index in [0.29, 0.717) is 32.7 Å². The molecule has 0 radical (unpaired) electrons. The van der Waals surface area contributed by atoms with E-state index < -0.39 is 5.97 Å². The molecule has 6 heteroatoms. The Morgan fingerprint density at radius 1 is 1.24 bits per heavy atom. The number of carbonyl (C=O) groups is 2. The van der Waals surface area contributed by atoms with Crippen LogP contribution in [0.5, 0.6) is 0 Å². The van der Waals surface area contributed by atoms with E-state index in [2.05, 4.69) is 0 Å². The van der Waals surface area contributed by atoms with Crippen molar-refractivity contribution in [2.75, 3.05) is 32.9 Å². The maximum Gasteiger partial charge on any atom is 0.303 e. The molecule has 1 N–H and O–H groups in total. The molecule has 0 aromatic carbocycles. The molecule has 21 heavy (non-hydrogen) atoms. The zero-order chi connectivity index (χ0) is 15.1. The van der Waals surface area contributed by atoms with E-state index in [9.17, 15) is 9.59 Å². The van der Waals surface area contributed by atoms with Crippen LogP contribution >= 0.6 is 0 Å². The predicted octanol–water partition coefficient (Wildman–Crippen LogP) is 1.29. The molecule has 2 rings (SSSR count). The molecule has 1 atom stereocenters. The largest absolute Gasteiger partial charge is 0.481 e. The number of rotatable bonds is 7. The second-order valence-electron chi connectivity index (χ2n) is 5.88. The van der Waals surface area contributed by atoms with Crippen molar-refractivity contribution in [3.05, 3.63) is 0 Å². The van der Waals surface area contributed by atoms with Crippen molar-refractivity contribution in [3.8, 4) is 0 Å². The van der Waals surface area contributed by atoms with Gasteiger partial charge >= 0.3 is 5.97 Å². The second kappa shape index (κ2) is 8.34. The second-order valence-corrected chi connectivity index (χ2v) is 5.88. The SMILES string of the molecule is O=C(O)CC1CCN(C(=O)CCOCC2CCCO2)CC1. The molecule has 1 unspecified atom stereocenters. The van der Waals surface area contributed by atoms with E-state index in [1.54, 1.807) is 0 Å². The number of hydrogen-bond acceptors (Lipinski definition) is 4. The Bertz CT molecular complexity index is 346. The summed E-state index contributed by atoms with van der Waals surface area (Å²) in [6.07, 6.45) is 4.53. The summed E-state index contributed by atoms with van der Waals surface area (Å²) in [5.74, 6) is -0.430. The molecule has 120 valence electrons. The molecule has 0 aromatic rings. The van der Waals surface area contributed by atoms with E-state index in [1.807, 2.05) is 4.90 Å². The molecule has 2 fully saturated rings. The highest BCUT2D eigenvalue weighted by Crippen LogP contribution is 2.21. The lowest BCUT2D eigenvalue weighted by Crippen LogP contribution is -2.39. The standard InChI is InChI=1S/C15H25NO5/c17-14(5-9-20-11-13-2-1-8-21-13)16-6-3-12(4-7-16)10-15(18)19/h12-13H,1-11H2,(H,18,19). The summed E-state index contributed by atoms with van der Waals surface area (Å²) in [4.78, 5) is 24.5. The maximum atomic E-state index is 12.0. The minimum absolute atomic E-state index is 0.108. The fourth-order valence-electron chi connectivity index (χ4n) is 2.94. The average molecular weight is 299 g/mol. The summed E-state index contributed by atoms with van der Waals surface area (Å²) in [6, 6.07) is 0. The number of nitrogens with zero attached hydrogens (tertiary/aromatic N) is 1. The highest BCUT2D eigenvalue weighted by Gasteiger charge is 2.24. The van der Waals surface area contributed by atoms with Crippen LogP contribution in [0.4, 0.5) is 0 Å². The molecule has 0 saturated carbocycles. The third kappa shape index (κ3) is 5.63. The number of carboxylic acid groups (broad SMARTS) is 1. The zero-order valence-corrected chi connectivity index (χ0v) is 12.5. The van der Waals surface area contributed by atoms with Gasteiger partial charge in [-0.05, 0) is 31.6 Å². The van der Waals surface area contributed by atoms with Crippen molar-refractivity contribution in [1.29, 1.82) is 0 Å². The van der Waals surface area contributed by atoms with Gasteiger partial charge in [0.05, 0.1) is 25.7 Å². The van der Waals surface area contributed by atoms with Gasteiger partial charge < -0.3 is 19.5 Å². The van der Waals surface area contributed by atoms with Gasteiger partial charge in [0, 0.05) is 26.1 Å². The van der Waals surface area contributed by atoms with Crippen molar-refractivity contribution in [2.45, 2.75) is 44.6 Å². The number of hydrogen-bond donors (Lipinski definition) is 1. The van der Waals surface area contributed by atoms with Crippen molar-refractivity contribution in [2.24, 2.45) is 5.92 Å². The summed E-state index contributed by atoms with van der Waals surface area (Å²) >= 11 is 0. The fourth-order valence-corrected chi connectivity index (χ4v) is 2.94. The normalized spacial score (nSPS) is 23.4. The molecule has 2 aliphatic rings. The monoisotopic (exact) mass is 299 g/mol. The minimum atomic E-state index is -0.748. The van der Waals surface area contributed by atoms with Crippen LogP contribution < -0.4 is 0 Å². The Morgan fingerprint density at radius 2 is 2.00 bits per heavy atom. The molecule has 6 nitrogen and oxygen atoms in total. The number of amides is 1. The average Bonchev–Trinajstić information content (AvgIpc) is 2.97. The first-order valence-corrected chi connectivity index (χ1v) is 7.84. The van der Waals surface area contributed by atoms with Gasteiger partial charge in [0.2, 0.25) is 5.91 Å². The predicted molar refractivity (Wildman–Crippen MR) is 76.0 cm³/mol. The van der Waals surface area contributed by atoms with Gasteiger partial charge in [-0.1, -0.05) is 0 Å². The van der Waals surface area contributed by atoms with E-state index >= 15 is 0 Å². The summed E-state index contributed by atoms with van der Waals surface area (Å²) in [5.41, 5.74) is 0. The Hall–Kier alpha value is -1.14. The van der Waals surface area contributed by atoms with Crippen LogP contribution in [0, 0.1) is 5.92 Å². The molecule has 2 heterocycles. The Labute approximate surface area is 125 Å². The maximum absolute atomic E-state index is 12.0. The first-order valence-electron chi connectivity index (χ1n) is 7.84. The van der Waals surface area contributed by atoms with Crippen LogP contribution in [0.1, 0.15) is 38.5 Å². The number of carboxylic acids is 1. The molecular formula is C15H25NO5. The number of ether oxygens (including phenoxy) is 2. The molecular weight excluding hydrogens is 274 g/mol. The Morgan fingerprint density at radius 3 is 2.62 bits per heavy atom. The summed E-state index contributed by atoms with van der Waals surface area (Å²) in [7, 11) is 0. The highest BCUT2D eigenvalue weighted by atomic mass is 16.5. The molecule has 2 aliphatic heterocycles. The van der Waals surface area contributed by atoms with E-state index in [1.165, 1.54) is 0 Å². The third-order valence-electron chi connectivity index (χ3n) is 4.22. The van der Waals surface area contributed by atoms with Crippen LogP contribution in [0.15, 0.2) is 0 Å². The Kier molecular flexibility index (Phi) is 6.45. The number of likely N-dealkylation sites (tertiary alicyclic amines) is 1. The first-order chi connectivity index (χ1) is 10.1. The van der Waals surface area contributed by atoms with Crippen LogP contribution in [0.25, 0.3) is 0 Å². The lowest BCUT2D eigenvalue weighted by molar-refractivity contribution is -0.138. The van der Waals surface area contributed by atoms with E-state index in [0.717, 1.165) is 32.3 Å². The van der Waals surface area contributed by atoms with Crippen LogP contribution in [0.2, 0.25) is 0 Å². The summed E-state index contributed by atoms with van der Waals surface area (Å²) in [5, 5.41) is 8.77. The molecule has 0 aliphatic carbocycles. The van der Waals surface area contributed by atoms with Gasteiger partial charge in [0.25, 0.3) is 0 Å². The van der Waals surface area contributed by atoms with Gasteiger partial charge in [0.15, 0.2) is 0 Å². The molecule has 2 saturated heterocycles. The van der Waals surface area contributed by atoms with Gasteiger partial charge in [0.1, 0.15) is 0 Å². The smallest absolute Gasteiger partial charge is 0.303 e. The van der Waals surface area contributed by atoms with Crippen LogP contribution in [-0.2, 0) is 19.1 Å². The third-order valence-corrected chi connectivity index (χ3v) is 4.22. The van der Waals surface area contributed by atoms with E-state index in [-0.39, 0.29) is 24.3 Å². The summed E-state index contributed by atoms with van der Waals surface area (Å²) < 4.78 is 11.0. The van der Waals surface area contributed by atoms with Crippen molar-refractivity contribution in [1.82, 2.24) is 4.90 Å². The lowest BCUT2D eigenvalue weighted by atomic mass is 9.93. The van der Waals surface area contributed by atoms with Crippen LogP contribution in [0.3, 0.4) is 0 Å². The molecule has 1 amide bonds. The van der Waals surface area contributed by atoms with Gasteiger partial charge in [-0.3, -0.25) is 9.59 Å². The molecule has 0 bridgehead atoms. The quantitative estimate of drug-likeness (QED) is 0.717. The fraction of sp³-hybridized carbons (Fsp3) is 0.867. The van der Waals surface area contributed by atoms with E-state index in [4.69, 9.17) is 14.6 Å². The Balaban J connectivity index is 1.55. The first kappa shape index (κ1) is 16.2. The molecule has 0 spiro atoms. The van der Waals surface area contributed by atoms with Crippen molar-refractivity contribution < 1.29 is 24.2 Å². The highest BCUT2D eigenvalue weighted by molar-refractivity contribution is 5.76. The number of piperidine rings is 1. The van der Waals surface area contributed by atoms with Gasteiger partial charge in [-0.25, -0.2) is 0 Å². The van der Waals surface area contributed by atoms with Crippen molar-refractivity contribution >= 4 is 11.9 Å². The molecule has 0 aromatic heterocycles. The summed E-state index contributed by atoms with van der Waals surface area (Å²) in [6.45, 7) is 3.17. The zero-order valence-electron chi connectivity index (χ0n) is 12.5. The van der Waals surface area contributed by atoms with Crippen LogP contribution in [-0.4, -0.2) is 60.9 Å². The number of aliphatic carboxylic acids is 1. The minimum Gasteiger partial charge on any atom is -0.481 e. The lowest BCUT2D eigenvalue weighted by Gasteiger charge is -2.31. The van der Waals surface area contributed by atoms with Crippen molar-refractivity contribution in [3.63, 3.8) is 0 Å². The van der Waals surface area contributed by atoms with Gasteiger partial charge in [-0.2, -0.15) is 0 Å². The van der Waals surface area contributed by atoms with Gasteiger partial charge in [-0.15, -0.1) is 0 Å².